The monoisotopic (exact) mass is 157 g/mol. The lowest BCUT2D eigenvalue weighted by Crippen LogP contribution is -2.31. The fourth-order valence-corrected chi connectivity index (χ4v) is 0.759. The quantitative estimate of drug-likeness (QED) is 0.576. The van der Waals surface area contributed by atoms with Crippen molar-refractivity contribution in [3.8, 4) is 0 Å². The molecule has 2 unspecified atom stereocenters. The van der Waals surface area contributed by atoms with Gasteiger partial charge in [0, 0.05) is 6.54 Å². The molecule has 0 amide bonds. The predicted molar refractivity (Wildman–Crippen MR) is 47.8 cm³/mol. The topological polar surface area (TPSA) is 12.0 Å². The fourth-order valence-electron chi connectivity index (χ4n) is 0.759. The molecule has 1 N–H and O–H groups in total. The highest BCUT2D eigenvalue weighted by Crippen LogP contribution is 2.01. The lowest BCUT2D eigenvalue weighted by molar-refractivity contribution is 0.331. The van der Waals surface area contributed by atoms with Gasteiger partial charge in [0.2, 0.25) is 0 Å². The summed E-state index contributed by atoms with van der Waals surface area (Å²) in [7, 11) is 5.38. The van der Waals surface area contributed by atoms with Crippen LogP contribution < -0.4 is 5.32 Å². The first-order valence-corrected chi connectivity index (χ1v) is 4.24. The van der Waals surface area contributed by atoms with E-state index >= 15 is 0 Å². The van der Waals surface area contributed by atoms with Gasteiger partial charge in [-0.1, -0.05) is 20.2 Å². The second-order valence-electron chi connectivity index (χ2n) is 2.97. The largest absolute Gasteiger partial charge is 0.315 e. The molecule has 0 saturated heterocycles. The standard InChI is InChI=1S/C8H17BFN/c1-3-8(5-10)6-11-7(2)4-9/h7-8,11H,3-6H2,1-2H3. The van der Waals surface area contributed by atoms with Gasteiger partial charge >= 0.3 is 0 Å². The van der Waals surface area contributed by atoms with Crippen molar-refractivity contribution in [2.45, 2.75) is 32.6 Å². The minimum absolute atomic E-state index is 0.156. The van der Waals surface area contributed by atoms with E-state index in [2.05, 4.69) is 5.32 Å². The first kappa shape index (κ1) is 11.0. The Morgan fingerprint density at radius 1 is 1.55 bits per heavy atom. The van der Waals surface area contributed by atoms with Gasteiger partial charge in [-0.2, -0.15) is 0 Å². The van der Waals surface area contributed by atoms with Crippen LogP contribution in [0, 0.1) is 5.92 Å². The van der Waals surface area contributed by atoms with Crippen molar-refractivity contribution in [1.82, 2.24) is 5.32 Å². The van der Waals surface area contributed by atoms with E-state index in [9.17, 15) is 4.39 Å². The summed E-state index contributed by atoms with van der Waals surface area (Å²) in [5, 5.41) is 3.17. The average Bonchev–Trinajstić information content (AvgIpc) is 2.06. The highest BCUT2D eigenvalue weighted by molar-refractivity contribution is 6.08. The molecule has 2 atom stereocenters. The van der Waals surface area contributed by atoms with Crippen LogP contribution >= 0.6 is 0 Å². The highest BCUT2D eigenvalue weighted by atomic mass is 19.1. The van der Waals surface area contributed by atoms with E-state index in [4.69, 9.17) is 7.85 Å². The van der Waals surface area contributed by atoms with E-state index in [1.165, 1.54) is 0 Å². The molecule has 0 saturated carbocycles. The third kappa shape index (κ3) is 5.25. The minimum Gasteiger partial charge on any atom is -0.315 e. The number of hydrogen-bond donors (Lipinski definition) is 1. The summed E-state index contributed by atoms with van der Waals surface area (Å²) in [5.41, 5.74) is 0. The third-order valence-electron chi connectivity index (χ3n) is 1.90. The van der Waals surface area contributed by atoms with Crippen molar-refractivity contribution in [2.24, 2.45) is 5.92 Å². The Labute approximate surface area is 70.2 Å². The SMILES string of the molecule is [B]CC(C)NCC(CC)CF. The fraction of sp³-hybridized carbons (Fsp3) is 1.00. The second kappa shape index (κ2) is 6.65. The smallest absolute Gasteiger partial charge is 0.0934 e. The van der Waals surface area contributed by atoms with Crippen LogP contribution in [0.25, 0.3) is 0 Å². The molecule has 11 heavy (non-hydrogen) atoms. The van der Waals surface area contributed by atoms with E-state index < -0.39 is 0 Å². The van der Waals surface area contributed by atoms with Crippen molar-refractivity contribution in [2.75, 3.05) is 13.2 Å². The van der Waals surface area contributed by atoms with Crippen LogP contribution in [0.4, 0.5) is 4.39 Å². The van der Waals surface area contributed by atoms with Crippen LogP contribution in [-0.4, -0.2) is 27.1 Å². The lowest BCUT2D eigenvalue weighted by Gasteiger charge is -2.15. The van der Waals surface area contributed by atoms with Gasteiger partial charge in [0.1, 0.15) is 0 Å². The Balaban J connectivity index is 3.34. The normalized spacial score (nSPS) is 16.3. The Morgan fingerprint density at radius 3 is 2.55 bits per heavy atom. The number of nitrogens with one attached hydrogen (secondary N) is 1. The first-order chi connectivity index (χ1) is 5.24. The molecule has 0 aromatic rings. The Hall–Kier alpha value is -0.0451. The van der Waals surface area contributed by atoms with Crippen molar-refractivity contribution >= 4 is 7.85 Å². The van der Waals surface area contributed by atoms with E-state index in [-0.39, 0.29) is 12.6 Å². The number of hydrogen-bond acceptors (Lipinski definition) is 1. The number of alkyl halides is 1. The van der Waals surface area contributed by atoms with Crippen molar-refractivity contribution in [3.63, 3.8) is 0 Å². The predicted octanol–water partition coefficient (Wildman–Crippen LogP) is 1.55. The van der Waals surface area contributed by atoms with Gasteiger partial charge in [0.05, 0.1) is 14.5 Å². The van der Waals surface area contributed by atoms with Crippen LogP contribution in [0.1, 0.15) is 20.3 Å². The molecule has 0 bridgehead atoms. The Kier molecular flexibility index (Phi) is 6.62. The third-order valence-corrected chi connectivity index (χ3v) is 1.90. The Morgan fingerprint density at radius 2 is 2.18 bits per heavy atom. The van der Waals surface area contributed by atoms with Gasteiger partial charge < -0.3 is 5.32 Å². The zero-order chi connectivity index (χ0) is 8.69. The van der Waals surface area contributed by atoms with Gasteiger partial charge in [-0.3, -0.25) is 4.39 Å². The van der Waals surface area contributed by atoms with Crippen LogP contribution in [0.15, 0.2) is 0 Å². The van der Waals surface area contributed by atoms with Crippen LogP contribution in [0.5, 0.6) is 0 Å². The summed E-state index contributed by atoms with van der Waals surface area (Å²) in [4.78, 5) is 0. The molecule has 0 aromatic carbocycles. The summed E-state index contributed by atoms with van der Waals surface area (Å²) in [6.45, 7) is 4.51. The summed E-state index contributed by atoms with van der Waals surface area (Å²) >= 11 is 0. The number of rotatable bonds is 6. The van der Waals surface area contributed by atoms with Gasteiger partial charge in [-0.15, -0.1) is 0 Å². The highest BCUT2D eigenvalue weighted by Gasteiger charge is 2.05. The maximum atomic E-state index is 12.1. The molecule has 0 aliphatic rings. The zero-order valence-corrected chi connectivity index (χ0v) is 7.44. The van der Waals surface area contributed by atoms with E-state index in [1.807, 2.05) is 13.8 Å². The van der Waals surface area contributed by atoms with Gasteiger partial charge in [0.25, 0.3) is 0 Å². The van der Waals surface area contributed by atoms with E-state index in [1.54, 1.807) is 0 Å². The first-order valence-electron chi connectivity index (χ1n) is 4.24. The molecule has 2 radical (unpaired) electrons. The molecule has 0 aromatic heterocycles. The maximum absolute atomic E-state index is 12.1. The van der Waals surface area contributed by atoms with E-state index in [0.717, 1.165) is 13.0 Å². The van der Waals surface area contributed by atoms with Crippen LogP contribution in [0.2, 0.25) is 6.32 Å². The second-order valence-corrected chi connectivity index (χ2v) is 2.97. The van der Waals surface area contributed by atoms with Crippen molar-refractivity contribution in [3.05, 3.63) is 0 Å². The zero-order valence-electron chi connectivity index (χ0n) is 7.44. The van der Waals surface area contributed by atoms with Crippen LogP contribution in [0.3, 0.4) is 0 Å². The molecular formula is C8H17BFN. The van der Waals surface area contributed by atoms with E-state index in [0.29, 0.717) is 12.4 Å². The van der Waals surface area contributed by atoms with Crippen molar-refractivity contribution < 1.29 is 4.39 Å². The minimum atomic E-state index is -0.235. The molecule has 0 aliphatic carbocycles. The Bertz CT molecular complexity index is 86.2. The molecule has 64 valence electrons. The molecule has 0 spiro atoms. The lowest BCUT2D eigenvalue weighted by atomic mass is 9.98. The molecule has 3 heteroatoms. The van der Waals surface area contributed by atoms with Gasteiger partial charge in [-0.05, 0) is 18.4 Å². The van der Waals surface area contributed by atoms with Crippen molar-refractivity contribution in [1.29, 1.82) is 0 Å². The molecule has 0 rings (SSSR count). The number of halogens is 1. The average molecular weight is 157 g/mol. The molecular weight excluding hydrogens is 140 g/mol. The maximum Gasteiger partial charge on any atom is 0.0934 e. The molecule has 0 fully saturated rings. The van der Waals surface area contributed by atoms with Gasteiger partial charge in [0.15, 0.2) is 0 Å². The summed E-state index contributed by atoms with van der Waals surface area (Å²) < 4.78 is 12.1. The summed E-state index contributed by atoms with van der Waals surface area (Å²) in [5.74, 6) is 0.156. The summed E-state index contributed by atoms with van der Waals surface area (Å²) in [6.07, 6.45) is 1.50. The summed E-state index contributed by atoms with van der Waals surface area (Å²) in [6, 6.07) is 0.301. The van der Waals surface area contributed by atoms with Crippen LogP contribution in [-0.2, 0) is 0 Å². The molecule has 1 nitrogen and oxygen atoms in total. The molecule has 0 heterocycles. The van der Waals surface area contributed by atoms with Gasteiger partial charge in [-0.25, -0.2) is 0 Å². The molecule has 0 aliphatic heterocycles.